The Balaban J connectivity index is 0.966. The average molecular weight is 659 g/mol. The molecular weight excluding hydrogens is 629 g/mol. The highest BCUT2D eigenvalue weighted by Crippen LogP contribution is 2.33. The van der Waals surface area contributed by atoms with Gasteiger partial charge in [0.1, 0.15) is 11.4 Å². The first kappa shape index (κ1) is 29.9. The van der Waals surface area contributed by atoms with Crippen LogP contribution in [0.1, 0.15) is 26.4 Å². The van der Waals surface area contributed by atoms with Gasteiger partial charge in [0.2, 0.25) is 12.7 Å². The van der Waals surface area contributed by atoms with Gasteiger partial charge in [-0.1, -0.05) is 29.3 Å². The lowest BCUT2D eigenvalue weighted by Crippen LogP contribution is -2.48. The summed E-state index contributed by atoms with van der Waals surface area (Å²) in [7, 11) is 1.90. The minimum Gasteiger partial charge on any atom is -0.454 e. The third-order valence-corrected chi connectivity index (χ3v) is 8.87. The largest absolute Gasteiger partial charge is 0.454 e. The summed E-state index contributed by atoms with van der Waals surface area (Å²) < 4.78 is 18.8. The number of aromatic nitrogens is 2. The summed E-state index contributed by atoms with van der Waals surface area (Å²) in [4.78, 5) is 34.7. The number of rotatable bonds is 7. The van der Waals surface area contributed by atoms with E-state index in [1.165, 1.54) is 12.3 Å². The number of carbonyl (C=O) groups is 2. The standard InChI is InChI=1S/C34H29Cl2N5O5/c1-39-28-7-5-25(46-32-9-4-24(18-37-32)38-33(42)22-3-6-26(35)27(36)16-22)15-23(28)17-29(39)34(43)41-12-10-40(11-13-41)19-21-2-8-30-31(14-21)45-20-44-30/h2-9,14-18H,10-13,19-20H2,1H3,(H,38,42). The predicted octanol–water partition coefficient (Wildman–Crippen LogP) is 6.61. The summed E-state index contributed by atoms with van der Waals surface area (Å²) >= 11 is 12.0. The van der Waals surface area contributed by atoms with Crippen LogP contribution in [-0.4, -0.2) is 64.1 Å². The van der Waals surface area contributed by atoms with Gasteiger partial charge in [0.15, 0.2) is 11.5 Å². The molecule has 0 bridgehead atoms. The van der Waals surface area contributed by atoms with E-state index in [4.69, 9.17) is 37.4 Å². The number of nitrogens with zero attached hydrogens (tertiary/aromatic N) is 4. The molecule has 2 aliphatic heterocycles. The SMILES string of the molecule is Cn1c(C(=O)N2CCN(Cc3ccc4c(c3)OCO4)CC2)cc2cc(Oc3ccc(NC(=O)c4ccc(Cl)c(Cl)c4)cn3)ccc21. The van der Waals surface area contributed by atoms with E-state index in [1.807, 2.05) is 52.9 Å². The van der Waals surface area contributed by atoms with Gasteiger partial charge in [-0.05, 0) is 66.2 Å². The maximum atomic E-state index is 13.6. The van der Waals surface area contributed by atoms with Crippen molar-refractivity contribution in [1.29, 1.82) is 0 Å². The van der Waals surface area contributed by atoms with Crippen LogP contribution >= 0.6 is 23.2 Å². The van der Waals surface area contributed by atoms with E-state index < -0.39 is 0 Å². The van der Waals surface area contributed by atoms with Crippen molar-refractivity contribution >= 4 is 51.6 Å². The van der Waals surface area contributed by atoms with Crippen LogP contribution in [0.5, 0.6) is 23.1 Å². The molecule has 2 amide bonds. The smallest absolute Gasteiger partial charge is 0.270 e. The van der Waals surface area contributed by atoms with Crippen LogP contribution in [-0.2, 0) is 13.6 Å². The Morgan fingerprint density at radius 1 is 0.891 bits per heavy atom. The number of piperazine rings is 1. The van der Waals surface area contributed by atoms with Crippen LogP contribution in [0.25, 0.3) is 10.9 Å². The molecule has 0 aliphatic carbocycles. The van der Waals surface area contributed by atoms with Gasteiger partial charge in [-0.3, -0.25) is 14.5 Å². The van der Waals surface area contributed by atoms with Crippen LogP contribution in [0.2, 0.25) is 10.0 Å². The van der Waals surface area contributed by atoms with Crippen molar-refractivity contribution in [3.8, 4) is 23.1 Å². The molecule has 4 heterocycles. The number of ether oxygens (including phenoxy) is 3. The number of fused-ring (bicyclic) bond motifs is 2. The third kappa shape index (κ3) is 6.19. The van der Waals surface area contributed by atoms with Crippen molar-refractivity contribution in [1.82, 2.24) is 19.4 Å². The van der Waals surface area contributed by atoms with E-state index in [-0.39, 0.29) is 18.6 Å². The number of benzene rings is 3. The van der Waals surface area contributed by atoms with Crippen molar-refractivity contribution in [3.63, 3.8) is 0 Å². The van der Waals surface area contributed by atoms with Gasteiger partial charge >= 0.3 is 0 Å². The first-order valence-corrected chi connectivity index (χ1v) is 15.5. The van der Waals surface area contributed by atoms with Crippen molar-refractivity contribution in [3.05, 3.63) is 106 Å². The minimum absolute atomic E-state index is 0.00377. The van der Waals surface area contributed by atoms with E-state index in [1.54, 1.807) is 24.3 Å². The van der Waals surface area contributed by atoms with E-state index >= 15 is 0 Å². The van der Waals surface area contributed by atoms with Gasteiger partial charge in [0, 0.05) is 62.3 Å². The molecule has 7 rings (SSSR count). The highest BCUT2D eigenvalue weighted by Gasteiger charge is 2.25. The Bertz CT molecular complexity index is 1950. The zero-order valence-corrected chi connectivity index (χ0v) is 26.3. The Morgan fingerprint density at radius 2 is 1.72 bits per heavy atom. The molecule has 0 saturated carbocycles. The van der Waals surface area contributed by atoms with Gasteiger partial charge in [-0.25, -0.2) is 4.98 Å². The quantitative estimate of drug-likeness (QED) is 0.210. The number of hydrogen-bond donors (Lipinski definition) is 1. The fourth-order valence-electron chi connectivity index (χ4n) is 5.64. The molecule has 46 heavy (non-hydrogen) atoms. The van der Waals surface area contributed by atoms with Crippen molar-refractivity contribution in [2.45, 2.75) is 6.54 Å². The third-order valence-electron chi connectivity index (χ3n) is 8.13. The first-order valence-electron chi connectivity index (χ1n) is 14.7. The second-order valence-corrected chi connectivity index (χ2v) is 11.9. The second kappa shape index (κ2) is 12.6. The fraction of sp³-hybridized carbons (Fsp3) is 0.206. The summed E-state index contributed by atoms with van der Waals surface area (Å²) in [6.07, 6.45) is 1.51. The molecule has 1 fully saturated rings. The lowest BCUT2D eigenvalue weighted by atomic mass is 10.1. The molecule has 1 N–H and O–H groups in total. The van der Waals surface area contributed by atoms with Crippen molar-refractivity contribution in [2.75, 3.05) is 38.3 Å². The van der Waals surface area contributed by atoms with Crippen LogP contribution in [0.15, 0.2) is 79.0 Å². The maximum Gasteiger partial charge on any atom is 0.270 e. The van der Waals surface area contributed by atoms with Gasteiger partial charge in [0.25, 0.3) is 11.8 Å². The zero-order chi connectivity index (χ0) is 31.8. The molecule has 5 aromatic rings. The molecule has 3 aromatic carbocycles. The lowest BCUT2D eigenvalue weighted by Gasteiger charge is -2.34. The fourth-order valence-corrected chi connectivity index (χ4v) is 5.94. The van der Waals surface area contributed by atoms with Crippen LogP contribution in [0.4, 0.5) is 5.69 Å². The normalized spacial score (nSPS) is 14.5. The number of aryl methyl sites for hydroxylation is 1. The van der Waals surface area contributed by atoms with Gasteiger partial charge in [-0.2, -0.15) is 0 Å². The van der Waals surface area contributed by atoms with Crippen molar-refractivity contribution < 1.29 is 23.8 Å². The molecule has 1 saturated heterocycles. The summed E-state index contributed by atoms with van der Waals surface area (Å²) in [6.45, 7) is 3.92. The molecule has 0 atom stereocenters. The van der Waals surface area contributed by atoms with E-state index in [0.29, 0.717) is 51.7 Å². The van der Waals surface area contributed by atoms with Crippen LogP contribution < -0.4 is 19.5 Å². The lowest BCUT2D eigenvalue weighted by molar-refractivity contribution is 0.0619. The number of hydrogen-bond acceptors (Lipinski definition) is 7. The minimum atomic E-state index is -0.336. The monoisotopic (exact) mass is 657 g/mol. The summed E-state index contributed by atoms with van der Waals surface area (Å²) in [5, 5.41) is 4.34. The topological polar surface area (TPSA) is 98.2 Å². The molecule has 0 spiro atoms. The number of amides is 2. The molecule has 0 radical (unpaired) electrons. The molecule has 12 heteroatoms. The highest BCUT2D eigenvalue weighted by molar-refractivity contribution is 6.42. The number of halogens is 2. The summed E-state index contributed by atoms with van der Waals surface area (Å²) in [6, 6.07) is 21.6. The maximum absolute atomic E-state index is 13.6. The van der Waals surface area contributed by atoms with E-state index in [9.17, 15) is 9.59 Å². The Morgan fingerprint density at radius 3 is 2.50 bits per heavy atom. The van der Waals surface area contributed by atoms with Gasteiger partial charge in [-0.15, -0.1) is 0 Å². The van der Waals surface area contributed by atoms with E-state index in [0.717, 1.165) is 47.6 Å². The molecular formula is C34H29Cl2N5O5. The molecule has 0 unspecified atom stereocenters. The number of nitrogens with one attached hydrogen (secondary N) is 1. The Kier molecular flexibility index (Phi) is 8.16. The van der Waals surface area contributed by atoms with Crippen LogP contribution in [0, 0.1) is 0 Å². The van der Waals surface area contributed by atoms with Gasteiger partial charge < -0.3 is 29.0 Å². The average Bonchev–Trinajstić information content (AvgIpc) is 3.67. The molecule has 10 nitrogen and oxygen atoms in total. The van der Waals surface area contributed by atoms with E-state index in [2.05, 4.69) is 21.3 Å². The second-order valence-electron chi connectivity index (χ2n) is 11.1. The number of pyridine rings is 1. The zero-order valence-electron chi connectivity index (χ0n) is 24.8. The highest BCUT2D eigenvalue weighted by atomic mass is 35.5. The Hall–Kier alpha value is -4.77. The Labute approximate surface area is 275 Å². The predicted molar refractivity (Wildman–Crippen MR) is 175 cm³/mol. The van der Waals surface area contributed by atoms with Crippen molar-refractivity contribution in [2.24, 2.45) is 7.05 Å². The number of anilines is 1. The summed E-state index contributed by atoms with van der Waals surface area (Å²) in [5.41, 5.74) is 3.58. The van der Waals surface area contributed by atoms with Crippen LogP contribution in [0.3, 0.4) is 0 Å². The molecule has 2 aromatic heterocycles. The first-order chi connectivity index (χ1) is 22.3. The number of carbonyl (C=O) groups excluding carboxylic acids is 2. The van der Waals surface area contributed by atoms with Gasteiger partial charge in [0.05, 0.1) is 21.9 Å². The molecule has 2 aliphatic rings. The molecule has 234 valence electrons. The summed E-state index contributed by atoms with van der Waals surface area (Å²) in [5.74, 6) is 2.17.